The molecule has 11 heteroatoms. The maximum atomic E-state index is 13.4. The average molecular weight is 620 g/mol. The van der Waals surface area contributed by atoms with Crippen molar-refractivity contribution in [2.24, 2.45) is 0 Å². The molecule has 7 nitrogen and oxygen atoms in total. The van der Waals surface area contributed by atoms with E-state index in [2.05, 4.69) is 11.9 Å². The van der Waals surface area contributed by atoms with Crippen molar-refractivity contribution >= 4 is 76.0 Å². The van der Waals surface area contributed by atoms with Crippen LogP contribution < -0.4 is 19.7 Å². The first kappa shape index (κ1) is 29.5. The van der Waals surface area contributed by atoms with E-state index in [9.17, 15) is 14.4 Å². The molecular formula is C29H22Cl4N2O5. The minimum Gasteiger partial charge on any atom is -0.490 e. The van der Waals surface area contributed by atoms with E-state index < -0.39 is 17.8 Å². The minimum atomic E-state index is -0.905. The van der Waals surface area contributed by atoms with Crippen LogP contribution in [0.4, 0.5) is 10.5 Å². The summed E-state index contributed by atoms with van der Waals surface area (Å²) in [6.07, 6.45) is 3.46. The van der Waals surface area contributed by atoms with Gasteiger partial charge in [0.15, 0.2) is 11.5 Å². The second-order valence-corrected chi connectivity index (χ2v) is 10.2. The maximum Gasteiger partial charge on any atom is 0.335 e. The van der Waals surface area contributed by atoms with Crippen LogP contribution in [0.3, 0.4) is 0 Å². The molecule has 206 valence electrons. The van der Waals surface area contributed by atoms with E-state index in [1.807, 2.05) is 6.92 Å². The highest BCUT2D eigenvalue weighted by Gasteiger charge is 2.37. The quantitative estimate of drug-likeness (QED) is 0.151. The molecule has 0 saturated carbocycles. The van der Waals surface area contributed by atoms with Crippen molar-refractivity contribution in [3.05, 3.63) is 104 Å². The summed E-state index contributed by atoms with van der Waals surface area (Å²) in [5, 5.41) is 3.55. The van der Waals surface area contributed by atoms with Gasteiger partial charge < -0.3 is 9.47 Å². The fraction of sp³-hybridized carbons (Fsp3) is 0.138. The normalized spacial score (nSPS) is 14.4. The Bertz CT molecular complexity index is 1550. The van der Waals surface area contributed by atoms with Gasteiger partial charge in [-0.3, -0.25) is 14.9 Å². The summed E-state index contributed by atoms with van der Waals surface area (Å²) >= 11 is 24.4. The van der Waals surface area contributed by atoms with Crippen LogP contribution in [0.25, 0.3) is 6.08 Å². The molecule has 0 atom stereocenters. The number of hydrogen-bond donors (Lipinski definition) is 1. The van der Waals surface area contributed by atoms with Gasteiger partial charge >= 0.3 is 6.03 Å². The van der Waals surface area contributed by atoms with Crippen LogP contribution in [-0.2, 0) is 22.6 Å². The highest BCUT2D eigenvalue weighted by Crippen LogP contribution is 2.36. The first-order valence-electron chi connectivity index (χ1n) is 12.0. The average Bonchev–Trinajstić information content (AvgIpc) is 2.89. The fourth-order valence-electron chi connectivity index (χ4n) is 3.97. The van der Waals surface area contributed by atoms with Gasteiger partial charge in [0.1, 0.15) is 12.2 Å². The molecule has 0 spiro atoms. The first-order valence-corrected chi connectivity index (χ1v) is 13.5. The predicted octanol–water partition coefficient (Wildman–Crippen LogP) is 7.67. The Labute approximate surface area is 250 Å². The summed E-state index contributed by atoms with van der Waals surface area (Å²) in [5.41, 5.74) is 1.78. The molecule has 3 aromatic rings. The Morgan fingerprint density at radius 1 is 0.900 bits per heavy atom. The van der Waals surface area contributed by atoms with Crippen LogP contribution in [0.2, 0.25) is 20.1 Å². The monoisotopic (exact) mass is 618 g/mol. The van der Waals surface area contributed by atoms with Gasteiger partial charge in [-0.25, -0.2) is 9.69 Å². The SMILES string of the molecule is C=CCc1cc(/C=C2\C(=O)NC(=O)N(c3ccc(Cl)c(Cl)c3)C2=O)cc(OCC)c1OCc1ccc(Cl)cc1Cl. The molecule has 4 amide bonds. The van der Waals surface area contributed by atoms with Crippen LogP contribution in [0, 0.1) is 0 Å². The number of ether oxygens (including phenoxy) is 2. The van der Waals surface area contributed by atoms with Crippen molar-refractivity contribution < 1.29 is 23.9 Å². The number of rotatable bonds is 9. The van der Waals surface area contributed by atoms with E-state index in [1.54, 1.807) is 36.4 Å². The third-order valence-electron chi connectivity index (χ3n) is 5.78. The zero-order valence-electron chi connectivity index (χ0n) is 21.1. The Hall–Kier alpha value is -3.49. The zero-order chi connectivity index (χ0) is 29.0. The molecule has 3 aromatic carbocycles. The summed E-state index contributed by atoms with van der Waals surface area (Å²) in [5.74, 6) is -0.817. The number of benzene rings is 3. The van der Waals surface area contributed by atoms with Gasteiger partial charge in [-0.15, -0.1) is 6.58 Å². The van der Waals surface area contributed by atoms with Crippen LogP contribution in [-0.4, -0.2) is 24.5 Å². The number of allylic oxidation sites excluding steroid dienone is 1. The summed E-state index contributed by atoms with van der Waals surface area (Å²) in [4.78, 5) is 39.5. The fourth-order valence-corrected chi connectivity index (χ4v) is 4.73. The highest BCUT2D eigenvalue weighted by atomic mass is 35.5. The van der Waals surface area contributed by atoms with Gasteiger partial charge in [-0.1, -0.05) is 58.5 Å². The van der Waals surface area contributed by atoms with Crippen molar-refractivity contribution in [3.63, 3.8) is 0 Å². The number of urea groups is 1. The number of imide groups is 2. The Balaban J connectivity index is 1.73. The Kier molecular flexibility index (Phi) is 9.43. The second kappa shape index (κ2) is 12.8. The number of barbiturate groups is 1. The zero-order valence-corrected chi connectivity index (χ0v) is 24.1. The lowest BCUT2D eigenvalue weighted by Gasteiger charge is -2.26. The van der Waals surface area contributed by atoms with E-state index in [4.69, 9.17) is 55.9 Å². The van der Waals surface area contributed by atoms with Crippen LogP contribution in [0.15, 0.2) is 66.8 Å². The van der Waals surface area contributed by atoms with Crippen molar-refractivity contribution in [2.45, 2.75) is 20.0 Å². The molecule has 0 aromatic heterocycles. The second-order valence-electron chi connectivity index (χ2n) is 8.51. The van der Waals surface area contributed by atoms with E-state index in [0.717, 1.165) is 10.5 Å². The number of hydrogen-bond acceptors (Lipinski definition) is 5. The van der Waals surface area contributed by atoms with E-state index in [-0.39, 0.29) is 27.9 Å². The number of nitrogens with one attached hydrogen (secondary N) is 1. The summed E-state index contributed by atoms with van der Waals surface area (Å²) in [7, 11) is 0. The Morgan fingerprint density at radius 2 is 1.68 bits per heavy atom. The van der Waals surface area contributed by atoms with Gasteiger partial charge in [0, 0.05) is 21.2 Å². The maximum absolute atomic E-state index is 13.4. The molecule has 0 aliphatic carbocycles. The molecule has 1 N–H and O–H groups in total. The van der Waals surface area contributed by atoms with Crippen molar-refractivity contribution in [2.75, 3.05) is 11.5 Å². The van der Waals surface area contributed by atoms with Crippen LogP contribution >= 0.6 is 46.4 Å². The summed E-state index contributed by atoms with van der Waals surface area (Å²) < 4.78 is 12.0. The van der Waals surface area contributed by atoms with Gasteiger partial charge in [-0.2, -0.15) is 0 Å². The largest absolute Gasteiger partial charge is 0.490 e. The van der Waals surface area contributed by atoms with E-state index >= 15 is 0 Å². The molecule has 4 rings (SSSR count). The van der Waals surface area contributed by atoms with Crippen molar-refractivity contribution in [1.82, 2.24) is 5.32 Å². The lowest BCUT2D eigenvalue weighted by atomic mass is 10.0. The van der Waals surface area contributed by atoms with E-state index in [0.29, 0.717) is 45.7 Å². The predicted molar refractivity (Wildman–Crippen MR) is 158 cm³/mol. The van der Waals surface area contributed by atoms with Gasteiger partial charge in [0.25, 0.3) is 11.8 Å². The van der Waals surface area contributed by atoms with Gasteiger partial charge in [0.2, 0.25) is 0 Å². The molecule has 1 saturated heterocycles. The molecule has 1 aliphatic heterocycles. The van der Waals surface area contributed by atoms with Crippen LogP contribution in [0.5, 0.6) is 11.5 Å². The topological polar surface area (TPSA) is 84.9 Å². The third kappa shape index (κ3) is 6.45. The molecule has 40 heavy (non-hydrogen) atoms. The number of halogens is 4. The number of carbonyl (C=O) groups is 3. The summed E-state index contributed by atoms with van der Waals surface area (Å²) in [6, 6.07) is 11.9. The highest BCUT2D eigenvalue weighted by molar-refractivity contribution is 6.43. The van der Waals surface area contributed by atoms with Crippen LogP contribution in [0.1, 0.15) is 23.6 Å². The lowest BCUT2D eigenvalue weighted by Crippen LogP contribution is -2.54. The molecule has 0 bridgehead atoms. The molecule has 0 radical (unpaired) electrons. The Morgan fingerprint density at radius 3 is 2.35 bits per heavy atom. The molecule has 1 heterocycles. The number of carbonyl (C=O) groups excluding carboxylic acids is 3. The standard InChI is InChI=1S/C29H22Cl4N2O5/c1-3-5-17-10-16(12-25(39-4-2)26(17)40-15-18-6-7-19(30)13-23(18)32)11-21-27(36)34-29(38)35(28(21)37)20-8-9-22(31)24(33)14-20/h3,6-14H,1,4-5,15H2,2H3,(H,34,36,38)/b21-11+. The molecule has 0 unspecified atom stereocenters. The molecular weight excluding hydrogens is 598 g/mol. The van der Waals surface area contributed by atoms with Gasteiger partial charge in [-0.05, 0) is 67.4 Å². The number of anilines is 1. The number of amides is 4. The molecule has 1 aliphatic rings. The van der Waals surface area contributed by atoms with Gasteiger partial charge in [0.05, 0.1) is 22.3 Å². The van der Waals surface area contributed by atoms with E-state index in [1.165, 1.54) is 24.3 Å². The smallest absolute Gasteiger partial charge is 0.335 e. The minimum absolute atomic E-state index is 0.141. The molecule has 1 fully saturated rings. The third-order valence-corrected chi connectivity index (χ3v) is 7.11. The van der Waals surface area contributed by atoms with Crippen molar-refractivity contribution in [3.8, 4) is 11.5 Å². The summed E-state index contributed by atoms with van der Waals surface area (Å²) in [6.45, 7) is 6.10. The lowest BCUT2D eigenvalue weighted by molar-refractivity contribution is -0.122. The number of nitrogens with zero attached hydrogens (tertiary/aromatic N) is 1. The first-order chi connectivity index (χ1) is 19.1. The van der Waals surface area contributed by atoms with Crippen molar-refractivity contribution in [1.29, 1.82) is 0 Å².